The highest BCUT2D eigenvalue weighted by molar-refractivity contribution is 6.21. The SMILES string of the molecule is CC(C)=CCC1NC(=O)N(c2ccccc2F)C1=O. The van der Waals surface area contributed by atoms with Crippen molar-refractivity contribution in [1.29, 1.82) is 0 Å². The first kappa shape index (κ1) is 13.3. The number of halogens is 1. The van der Waals surface area contributed by atoms with Crippen LogP contribution in [0.4, 0.5) is 14.9 Å². The van der Waals surface area contributed by atoms with Gasteiger partial charge in [-0.05, 0) is 32.4 Å². The molecule has 1 fully saturated rings. The molecule has 5 heteroatoms. The lowest BCUT2D eigenvalue weighted by Gasteiger charge is -2.13. The van der Waals surface area contributed by atoms with Gasteiger partial charge in [0.05, 0.1) is 5.69 Å². The molecule has 1 aromatic carbocycles. The Morgan fingerprint density at radius 3 is 2.68 bits per heavy atom. The fourth-order valence-corrected chi connectivity index (χ4v) is 1.91. The summed E-state index contributed by atoms with van der Waals surface area (Å²) in [6, 6.07) is 4.53. The van der Waals surface area contributed by atoms with Crippen molar-refractivity contribution in [3.05, 3.63) is 41.7 Å². The Morgan fingerprint density at radius 2 is 2.05 bits per heavy atom. The van der Waals surface area contributed by atoms with E-state index >= 15 is 0 Å². The van der Waals surface area contributed by atoms with Crippen LogP contribution < -0.4 is 10.2 Å². The van der Waals surface area contributed by atoms with Crippen LogP contribution in [0, 0.1) is 5.82 Å². The van der Waals surface area contributed by atoms with Crippen LogP contribution in [0.15, 0.2) is 35.9 Å². The second-order valence-electron chi connectivity index (χ2n) is 4.64. The van der Waals surface area contributed by atoms with Crippen molar-refractivity contribution in [3.63, 3.8) is 0 Å². The van der Waals surface area contributed by atoms with Crippen LogP contribution in [-0.2, 0) is 4.79 Å². The van der Waals surface area contributed by atoms with Gasteiger partial charge >= 0.3 is 6.03 Å². The second kappa shape index (κ2) is 5.22. The topological polar surface area (TPSA) is 49.4 Å². The van der Waals surface area contributed by atoms with Gasteiger partial charge in [-0.2, -0.15) is 0 Å². The number of rotatable bonds is 3. The van der Waals surface area contributed by atoms with Gasteiger partial charge in [-0.15, -0.1) is 0 Å². The third-order valence-electron chi connectivity index (χ3n) is 2.87. The van der Waals surface area contributed by atoms with Gasteiger partial charge in [0.25, 0.3) is 5.91 Å². The maximum absolute atomic E-state index is 13.6. The molecule has 1 heterocycles. The number of allylic oxidation sites excluding steroid dienone is 1. The van der Waals surface area contributed by atoms with Crippen molar-refractivity contribution < 1.29 is 14.0 Å². The summed E-state index contributed by atoms with van der Waals surface area (Å²) in [5.41, 5.74) is 1.05. The summed E-state index contributed by atoms with van der Waals surface area (Å²) < 4.78 is 13.6. The first-order valence-electron chi connectivity index (χ1n) is 6.03. The summed E-state index contributed by atoms with van der Waals surface area (Å²) in [6.45, 7) is 3.83. The molecular weight excluding hydrogens is 247 g/mol. The molecule has 1 unspecified atom stereocenters. The van der Waals surface area contributed by atoms with Gasteiger partial charge in [0.1, 0.15) is 11.9 Å². The number of hydrogen-bond donors (Lipinski definition) is 1. The average Bonchev–Trinajstić information content (AvgIpc) is 2.63. The molecule has 0 aromatic heterocycles. The molecule has 3 amide bonds. The molecule has 1 N–H and O–H groups in total. The number of nitrogens with zero attached hydrogens (tertiary/aromatic N) is 1. The van der Waals surface area contributed by atoms with E-state index in [1.54, 1.807) is 6.07 Å². The molecule has 0 spiro atoms. The normalized spacial score (nSPS) is 18.5. The van der Waals surface area contributed by atoms with Crippen molar-refractivity contribution in [2.75, 3.05) is 4.90 Å². The zero-order valence-electron chi connectivity index (χ0n) is 10.8. The molecular formula is C14H15FN2O2. The highest BCUT2D eigenvalue weighted by atomic mass is 19.1. The number of benzene rings is 1. The summed E-state index contributed by atoms with van der Waals surface area (Å²) in [5.74, 6) is -1.01. The van der Waals surface area contributed by atoms with Crippen LogP contribution in [0.2, 0.25) is 0 Å². The number of hydrogen-bond acceptors (Lipinski definition) is 2. The van der Waals surface area contributed by atoms with Crippen LogP contribution in [0.5, 0.6) is 0 Å². The fourth-order valence-electron chi connectivity index (χ4n) is 1.91. The predicted octanol–water partition coefficient (Wildman–Crippen LogP) is 2.61. The lowest BCUT2D eigenvalue weighted by molar-refractivity contribution is -0.118. The smallest absolute Gasteiger partial charge is 0.325 e. The zero-order valence-corrected chi connectivity index (χ0v) is 10.8. The predicted molar refractivity (Wildman–Crippen MR) is 70.3 cm³/mol. The lowest BCUT2D eigenvalue weighted by Crippen LogP contribution is -2.31. The van der Waals surface area contributed by atoms with Gasteiger partial charge in [-0.3, -0.25) is 4.79 Å². The number of urea groups is 1. The largest absolute Gasteiger partial charge is 0.329 e. The summed E-state index contributed by atoms with van der Waals surface area (Å²) in [5, 5.41) is 2.56. The van der Waals surface area contributed by atoms with E-state index in [0.29, 0.717) is 6.42 Å². The highest BCUT2D eigenvalue weighted by Gasteiger charge is 2.39. The van der Waals surface area contributed by atoms with E-state index in [4.69, 9.17) is 0 Å². The number of amides is 3. The number of para-hydroxylation sites is 1. The van der Waals surface area contributed by atoms with E-state index in [0.717, 1.165) is 10.5 Å². The first-order chi connectivity index (χ1) is 9.00. The lowest BCUT2D eigenvalue weighted by atomic mass is 10.1. The van der Waals surface area contributed by atoms with Crippen molar-refractivity contribution in [1.82, 2.24) is 5.32 Å². The van der Waals surface area contributed by atoms with Crippen molar-refractivity contribution >= 4 is 17.6 Å². The first-order valence-corrected chi connectivity index (χ1v) is 6.03. The van der Waals surface area contributed by atoms with E-state index in [1.165, 1.54) is 18.2 Å². The van der Waals surface area contributed by atoms with Gasteiger partial charge in [0, 0.05) is 0 Å². The van der Waals surface area contributed by atoms with E-state index in [2.05, 4.69) is 5.32 Å². The van der Waals surface area contributed by atoms with Crippen LogP contribution in [-0.4, -0.2) is 18.0 Å². The van der Waals surface area contributed by atoms with Gasteiger partial charge in [-0.25, -0.2) is 14.1 Å². The third-order valence-corrected chi connectivity index (χ3v) is 2.87. The second-order valence-corrected chi connectivity index (χ2v) is 4.64. The molecule has 1 aromatic rings. The minimum absolute atomic E-state index is 0.00954. The molecule has 19 heavy (non-hydrogen) atoms. The average molecular weight is 262 g/mol. The zero-order chi connectivity index (χ0) is 14.0. The number of carbonyl (C=O) groups excluding carboxylic acids is 2. The van der Waals surface area contributed by atoms with E-state index < -0.39 is 23.8 Å². The molecule has 0 bridgehead atoms. The van der Waals surface area contributed by atoms with Crippen LogP contribution in [0.1, 0.15) is 20.3 Å². The molecule has 1 aliphatic rings. The van der Waals surface area contributed by atoms with Crippen LogP contribution in [0.3, 0.4) is 0 Å². The van der Waals surface area contributed by atoms with Gasteiger partial charge < -0.3 is 5.32 Å². The van der Waals surface area contributed by atoms with Crippen LogP contribution >= 0.6 is 0 Å². The molecule has 1 aliphatic heterocycles. The Morgan fingerprint density at radius 1 is 1.37 bits per heavy atom. The maximum atomic E-state index is 13.6. The summed E-state index contributed by atoms with van der Waals surface area (Å²) in [7, 11) is 0. The minimum atomic E-state index is -0.623. The Labute approximate surface area is 110 Å². The number of imide groups is 1. The van der Waals surface area contributed by atoms with E-state index in [1.807, 2.05) is 19.9 Å². The number of nitrogens with one attached hydrogen (secondary N) is 1. The van der Waals surface area contributed by atoms with Crippen molar-refractivity contribution in [3.8, 4) is 0 Å². The Bertz CT molecular complexity index is 550. The standard InChI is InChI=1S/C14H15FN2O2/c1-9(2)7-8-11-13(18)17(14(19)16-11)12-6-4-3-5-10(12)15/h3-7,11H,8H2,1-2H3,(H,16,19). The third kappa shape index (κ3) is 2.65. The van der Waals surface area contributed by atoms with E-state index in [9.17, 15) is 14.0 Å². The molecule has 1 saturated heterocycles. The Hall–Kier alpha value is -2.17. The molecule has 0 radical (unpaired) electrons. The Balaban J connectivity index is 2.24. The van der Waals surface area contributed by atoms with Crippen molar-refractivity contribution in [2.24, 2.45) is 0 Å². The Kier molecular flexibility index (Phi) is 3.64. The van der Waals surface area contributed by atoms with Gasteiger partial charge in [-0.1, -0.05) is 23.8 Å². The monoisotopic (exact) mass is 262 g/mol. The molecule has 2 rings (SSSR count). The number of carbonyl (C=O) groups is 2. The minimum Gasteiger partial charge on any atom is -0.325 e. The van der Waals surface area contributed by atoms with E-state index in [-0.39, 0.29) is 5.69 Å². The summed E-state index contributed by atoms with van der Waals surface area (Å²) in [6.07, 6.45) is 2.28. The summed E-state index contributed by atoms with van der Waals surface area (Å²) in [4.78, 5) is 24.8. The molecule has 0 saturated carbocycles. The fraction of sp³-hybridized carbons (Fsp3) is 0.286. The molecule has 1 atom stereocenters. The molecule has 4 nitrogen and oxygen atoms in total. The summed E-state index contributed by atoms with van der Waals surface area (Å²) >= 11 is 0. The quantitative estimate of drug-likeness (QED) is 0.672. The van der Waals surface area contributed by atoms with Crippen molar-refractivity contribution in [2.45, 2.75) is 26.3 Å². The highest BCUT2D eigenvalue weighted by Crippen LogP contribution is 2.23. The van der Waals surface area contributed by atoms with Crippen LogP contribution in [0.25, 0.3) is 0 Å². The molecule has 0 aliphatic carbocycles. The van der Waals surface area contributed by atoms with Gasteiger partial charge in [0.2, 0.25) is 0 Å². The maximum Gasteiger partial charge on any atom is 0.329 e. The van der Waals surface area contributed by atoms with Gasteiger partial charge in [0.15, 0.2) is 0 Å². The molecule has 100 valence electrons. The number of anilines is 1.